The monoisotopic (exact) mass is 347 g/mol. The normalized spacial score (nSPS) is 11.3. The molecular formula is C21H25N5. The highest BCUT2D eigenvalue weighted by Crippen LogP contribution is 2.26. The SMILES string of the molecule is Cc1ccc(C)c(Nc2cc(-c3ccncc3)nc(NC(C)(C)C)n2)c1. The molecule has 2 N–H and O–H groups in total. The molecule has 0 fully saturated rings. The van der Waals surface area contributed by atoms with E-state index >= 15 is 0 Å². The molecule has 0 atom stereocenters. The van der Waals surface area contributed by atoms with Crippen LogP contribution < -0.4 is 10.6 Å². The van der Waals surface area contributed by atoms with Crippen molar-refractivity contribution in [1.29, 1.82) is 0 Å². The predicted molar refractivity (Wildman–Crippen MR) is 108 cm³/mol. The molecule has 3 rings (SSSR count). The van der Waals surface area contributed by atoms with E-state index in [0.717, 1.165) is 22.8 Å². The topological polar surface area (TPSA) is 62.7 Å². The summed E-state index contributed by atoms with van der Waals surface area (Å²) in [4.78, 5) is 13.4. The molecule has 134 valence electrons. The molecular weight excluding hydrogens is 322 g/mol. The Morgan fingerprint density at radius 3 is 2.31 bits per heavy atom. The van der Waals surface area contributed by atoms with E-state index in [2.05, 4.69) is 78.4 Å². The number of hydrogen-bond acceptors (Lipinski definition) is 5. The first kappa shape index (κ1) is 17.9. The lowest BCUT2D eigenvalue weighted by atomic mass is 10.1. The fraction of sp³-hybridized carbons (Fsp3) is 0.286. The third-order valence-electron chi connectivity index (χ3n) is 3.84. The van der Waals surface area contributed by atoms with Gasteiger partial charge in [0.05, 0.1) is 5.69 Å². The quantitative estimate of drug-likeness (QED) is 0.687. The van der Waals surface area contributed by atoms with Gasteiger partial charge in [-0.25, -0.2) is 4.98 Å². The van der Waals surface area contributed by atoms with Crippen LogP contribution in [0.3, 0.4) is 0 Å². The zero-order chi connectivity index (χ0) is 18.7. The third kappa shape index (κ3) is 4.57. The summed E-state index contributed by atoms with van der Waals surface area (Å²) < 4.78 is 0. The first-order valence-corrected chi connectivity index (χ1v) is 8.72. The minimum Gasteiger partial charge on any atom is -0.350 e. The lowest BCUT2D eigenvalue weighted by Gasteiger charge is -2.21. The van der Waals surface area contributed by atoms with Gasteiger partial charge in [-0.2, -0.15) is 4.98 Å². The average Bonchev–Trinajstić information content (AvgIpc) is 2.57. The number of nitrogens with zero attached hydrogens (tertiary/aromatic N) is 3. The van der Waals surface area contributed by atoms with Crippen LogP contribution in [0, 0.1) is 13.8 Å². The molecule has 0 saturated heterocycles. The Balaban J connectivity index is 2.03. The van der Waals surface area contributed by atoms with E-state index in [1.807, 2.05) is 18.2 Å². The molecule has 5 heteroatoms. The fourth-order valence-corrected chi connectivity index (χ4v) is 2.58. The number of pyridine rings is 1. The molecule has 0 radical (unpaired) electrons. The molecule has 0 spiro atoms. The van der Waals surface area contributed by atoms with Gasteiger partial charge in [0.1, 0.15) is 5.82 Å². The third-order valence-corrected chi connectivity index (χ3v) is 3.84. The van der Waals surface area contributed by atoms with Gasteiger partial charge in [-0.3, -0.25) is 4.98 Å². The van der Waals surface area contributed by atoms with Gasteiger partial charge < -0.3 is 10.6 Å². The number of nitrogens with one attached hydrogen (secondary N) is 2. The summed E-state index contributed by atoms with van der Waals surface area (Å²) in [5.74, 6) is 1.35. The van der Waals surface area contributed by atoms with Crippen molar-refractivity contribution >= 4 is 17.5 Å². The Labute approximate surface area is 154 Å². The van der Waals surface area contributed by atoms with Gasteiger partial charge in [-0.15, -0.1) is 0 Å². The maximum absolute atomic E-state index is 4.68. The van der Waals surface area contributed by atoms with Crippen LogP contribution >= 0.6 is 0 Å². The van der Waals surface area contributed by atoms with Crippen molar-refractivity contribution in [2.24, 2.45) is 0 Å². The van der Waals surface area contributed by atoms with Gasteiger partial charge in [0.15, 0.2) is 0 Å². The zero-order valence-electron chi connectivity index (χ0n) is 16.0. The molecule has 0 aliphatic rings. The first-order chi connectivity index (χ1) is 12.3. The van der Waals surface area contributed by atoms with E-state index < -0.39 is 0 Å². The summed E-state index contributed by atoms with van der Waals surface area (Å²) in [6, 6.07) is 12.2. The van der Waals surface area contributed by atoms with E-state index in [1.165, 1.54) is 11.1 Å². The Hall–Kier alpha value is -2.95. The van der Waals surface area contributed by atoms with E-state index in [9.17, 15) is 0 Å². The van der Waals surface area contributed by atoms with E-state index in [4.69, 9.17) is 0 Å². The maximum Gasteiger partial charge on any atom is 0.225 e. The van der Waals surface area contributed by atoms with Crippen LogP contribution in [-0.4, -0.2) is 20.5 Å². The molecule has 3 aromatic rings. The van der Waals surface area contributed by atoms with Crippen LogP contribution in [-0.2, 0) is 0 Å². The Morgan fingerprint density at radius 1 is 0.885 bits per heavy atom. The van der Waals surface area contributed by atoms with Crippen molar-refractivity contribution in [3.63, 3.8) is 0 Å². The second-order valence-electron chi connectivity index (χ2n) is 7.52. The first-order valence-electron chi connectivity index (χ1n) is 8.72. The lowest BCUT2D eigenvalue weighted by Crippen LogP contribution is -2.27. The lowest BCUT2D eigenvalue weighted by molar-refractivity contribution is 0.626. The molecule has 2 heterocycles. The van der Waals surface area contributed by atoms with Crippen molar-refractivity contribution in [3.05, 3.63) is 59.9 Å². The van der Waals surface area contributed by atoms with E-state index in [-0.39, 0.29) is 5.54 Å². The van der Waals surface area contributed by atoms with Gasteiger partial charge >= 0.3 is 0 Å². The second-order valence-corrected chi connectivity index (χ2v) is 7.52. The average molecular weight is 347 g/mol. The van der Waals surface area contributed by atoms with Gasteiger partial charge in [0.25, 0.3) is 0 Å². The summed E-state index contributed by atoms with van der Waals surface area (Å²) >= 11 is 0. The Morgan fingerprint density at radius 2 is 1.62 bits per heavy atom. The summed E-state index contributed by atoms with van der Waals surface area (Å²) in [5.41, 5.74) is 5.14. The summed E-state index contributed by atoms with van der Waals surface area (Å²) in [5, 5.41) is 6.81. The minimum absolute atomic E-state index is 0.132. The van der Waals surface area contributed by atoms with Crippen LogP contribution in [0.2, 0.25) is 0 Å². The van der Waals surface area contributed by atoms with Gasteiger partial charge in [0, 0.05) is 35.2 Å². The Kier molecular flexibility index (Phi) is 4.89. The minimum atomic E-state index is -0.132. The fourth-order valence-electron chi connectivity index (χ4n) is 2.58. The Bertz CT molecular complexity index is 898. The van der Waals surface area contributed by atoms with Crippen LogP contribution in [0.15, 0.2) is 48.8 Å². The predicted octanol–water partition coefficient (Wildman–Crippen LogP) is 5.11. The van der Waals surface area contributed by atoms with Gasteiger partial charge in [0.2, 0.25) is 5.95 Å². The highest BCUT2D eigenvalue weighted by Gasteiger charge is 2.14. The van der Waals surface area contributed by atoms with E-state index in [1.54, 1.807) is 12.4 Å². The molecule has 0 aliphatic heterocycles. The van der Waals surface area contributed by atoms with Crippen molar-refractivity contribution in [2.45, 2.75) is 40.2 Å². The summed E-state index contributed by atoms with van der Waals surface area (Å²) in [6.45, 7) is 10.4. The van der Waals surface area contributed by atoms with Crippen molar-refractivity contribution in [1.82, 2.24) is 15.0 Å². The molecule has 0 amide bonds. The highest BCUT2D eigenvalue weighted by atomic mass is 15.2. The number of benzene rings is 1. The smallest absolute Gasteiger partial charge is 0.225 e. The highest BCUT2D eigenvalue weighted by molar-refractivity contribution is 5.68. The second kappa shape index (κ2) is 7.12. The zero-order valence-corrected chi connectivity index (χ0v) is 16.0. The standard InChI is InChI=1S/C21H25N5/c1-14-6-7-15(2)17(12-14)23-19-13-18(16-8-10-22-11-9-16)24-20(25-19)26-21(3,4)5/h6-13H,1-5H3,(H2,23,24,25,26). The summed E-state index contributed by atoms with van der Waals surface area (Å²) in [6.07, 6.45) is 3.54. The molecule has 0 aliphatic carbocycles. The number of aromatic nitrogens is 3. The van der Waals surface area contributed by atoms with Crippen molar-refractivity contribution < 1.29 is 0 Å². The van der Waals surface area contributed by atoms with Crippen LogP contribution in [0.5, 0.6) is 0 Å². The van der Waals surface area contributed by atoms with Crippen LogP contribution in [0.4, 0.5) is 17.5 Å². The van der Waals surface area contributed by atoms with Gasteiger partial charge in [-0.1, -0.05) is 12.1 Å². The number of hydrogen-bond donors (Lipinski definition) is 2. The summed E-state index contributed by atoms with van der Waals surface area (Å²) in [7, 11) is 0. The largest absolute Gasteiger partial charge is 0.350 e. The van der Waals surface area contributed by atoms with Crippen molar-refractivity contribution in [3.8, 4) is 11.3 Å². The molecule has 0 bridgehead atoms. The van der Waals surface area contributed by atoms with Crippen molar-refractivity contribution in [2.75, 3.05) is 10.6 Å². The molecule has 26 heavy (non-hydrogen) atoms. The van der Waals surface area contributed by atoms with E-state index in [0.29, 0.717) is 5.95 Å². The van der Waals surface area contributed by atoms with Crippen LogP contribution in [0.25, 0.3) is 11.3 Å². The number of aryl methyl sites for hydroxylation is 2. The molecule has 0 saturated carbocycles. The molecule has 0 unspecified atom stereocenters. The molecule has 1 aromatic carbocycles. The molecule has 5 nitrogen and oxygen atoms in total. The maximum atomic E-state index is 4.68. The number of rotatable bonds is 4. The van der Waals surface area contributed by atoms with Crippen LogP contribution in [0.1, 0.15) is 31.9 Å². The van der Waals surface area contributed by atoms with Gasteiger partial charge in [-0.05, 0) is 63.9 Å². The number of anilines is 3. The molecule has 2 aromatic heterocycles.